The molecule has 108 valence electrons. The molecule has 1 aromatic carbocycles. The quantitative estimate of drug-likeness (QED) is 0.766. The highest BCUT2D eigenvalue weighted by Crippen LogP contribution is 2.50. The van der Waals surface area contributed by atoms with E-state index in [2.05, 4.69) is 13.8 Å². The zero-order valence-corrected chi connectivity index (χ0v) is 12.5. The predicted molar refractivity (Wildman–Crippen MR) is 79.8 cm³/mol. The summed E-state index contributed by atoms with van der Waals surface area (Å²) in [6.45, 7) is 4.37. The number of hydrogen-bond donors (Lipinski definition) is 0. The van der Waals surface area contributed by atoms with Gasteiger partial charge in [-0.1, -0.05) is 43.7 Å². The minimum atomic E-state index is -0.240. The van der Waals surface area contributed by atoms with E-state index in [1.807, 2.05) is 30.3 Å². The number of carbonyl (C=O) groups excluding carboxylic acids is 1. The van der Waals surface area contributed by atoms with Crippen molar-refractivity contribution < 1.29 is 9.53 Å². The second kappa shape index (κ2) is 5.33. The standard InChI is InChI=1S/C18H24O2/c1-3-7-14-12-15-10-11-18(2,20-15)16(14)17(19)13-8-5-4-6-9-13/h4-6,8-9,14-16H,3,7,10-12H2,1-2H3/t14?,15-,16+,18+/m0/s1. The van der Waals surface area contributed by atoms with Crippen LogP contribution < -0.4 is 0 Å². The van der Waals surface area contributed by atoms with Crippen LogP contribution in [-0.4, -0.2) is 17.5 Å². The second-order valence-electron chi connectivity index (χ2n) is 6.58. The molecule has 0 aliphatic carbocycles. The van der Waals surface area contributed by atoms with Gasteiger partial charge in [0.15, 0.2) is 5.78 Å². The molecule has 0 N–H and O–H groups in total. The number of ether oxygens (including phenoxy) is 1. The van der Waals surface area contributed by atoms with E-state index in [9.17, 15) is 4.79 Å². The molecule has 2 fully saturated rings. The number of carbonyl (C=O) groups is 1. The lowest BCUT2D eigenvalue weighted by Gasteiger charge is -2.43. The molecule has 20 heavy (non-hydrogen) atoms. The van der Waals surface area contributed by atoms with Gasteiger partial charge in [0.05, 0.1) is 17.6 Å². The highest BCUT2D eigenvalue weighted by molar-refractivity contribution is 5.98. The molecule has 0 spiro atoms. The summed E-state index contributed by atoms with van der Waals surface area (Å²) in [6, 6.07) is 9.74. The molecule has 2 heterocycles. The molecule has 2 bridgehead atoms. The summed E-state index contributed by atoms with van der Waals surface area (Å²) in [7, 11) is 0. The minimum Gasteiger partial charge on any atom is -0.371 e. The Morgan fingerprint density at radius 1 is 1.35 bits per heavy atom. The average Bonchev–Trinajstić information content (AvgIpc) is 2.76. The van der Waals surface area contributed by atoms with Crippen LogP contribution in [0.25, 0.3) is 0 Å². The molecule has 0 aromatic heterocycles. The van der Waals surface area contributed by atoms with Gasteiger partial charge < -0.3 is 4.74 Å². The number of Topliss-reactive ketones (excluding diaryl/α,β-unsaturated/α-hetero) is 1. The van der Waals surface area contributed by atoms with Gasteiger partial charge in [0.1, 0.15) is 0 Å². The summed E-state index contributed by atoms with van der Waals surface area (Å²) in [5.41, 5.74) is 0.601. The third-order valence-electron chi connectivity index (χ3n) is 5.09. The molecular weight excluding hydrogens is 248 g/mol. The van der Waals surface area contributed by atoms with Crippen LogP contribution in [0.15, 0.2) is 30.3 Å². The highest BCUT2D eigenvalue weighted by Gasteiger charge is 2.53. The molecule has 2 nitrogen and oxygen atoms in total. The normalized spacial score (nSPS) is 36.0. The van der Waals surface area contributed by atoms with Gasteiger partial charge in [0.25, 0.3) is 0 Å². The van der Waals surface area contributed by atoms with E-state index in [1.165, 1.54) is 0 Å². The number of fused-ring (bicyclic) bond motifs is 2. The molecular formula is C18H24O2. The Hall–Kier alpha value is -1.15. The Labute approximate surface area is 121 Å². The maximum atomic E-state index is 13.0. The number of rotatable bonds is 4. The Bertz CT molecular complexity index is 481. The first kappa shape index (κ1) is 13.8. The number of hydrogen-bond acceptors (Lipinski definition) is 2. The molecule has 0 saturated carbocycles. The average molecular weight is 272 g/mol. The fourth-order valence-corrected chi connectivity index (χ4v) is 4.24. The summed E-state index contributed by atoms with van der Waals surface area (Å²) in [6.07, 6.45) is 5.88. The molecule has 4 atom stereocenters. The maximum Gasteiger partial charge on any atom is 0.169 e. The Kier molecular flexibility index (Phi) is 3.68. The lowest BCUT2D eigenvalue weighted by molar-refractivity contribution is -0.116. The van der Waals surface area contributed by atoms with Gasteiger partial charge in [-0.05, 0) is 38.5 Å². The van der Waals surface area contributed by atoms with Crippen LogP contribution in [0, 0.1) is 11.8 Å². The van der Waals surface area contributed by atoms with Gasteiger partial charge >= 0.3 is 0 Å². The molecule has 0 amide bonds. The van der Waals surface area contributed by atoms with Crippen molar-refractivity contribution in [2.45, 2.75) is 57.7 Å². The van der Waals surface area contributed by atoms with Crippen molar-refractivity contribution in [3.8, 4) is 0 Å². The van der Waals surface area contributed by atoms with Crippen molar-refractivity contribution in [1.29, 1.82) is 0 Å². The Balaban J connectivity index is 1.92. The zero-order chi connectivity index (χ0) is 14.2. The molecule has 1 aromatic rings. The van der Waals surface area contributed by atoms with Crippen molar-refractivity contribution in [3.63, 3.8) is 0 Å². The van der Waals surface area contributed by atoms with E-state index in [0.717, 1.165) is 37.7 Å². The van der Waals surface area contributed by atoms with Crippen LogP contribution in [-0.2, 0) is 4.74 Å². The first-order chi connectivity index (χ1) is 9.64. The van der Waals surface area contributed by atoms with Crippen molar-refractivity contribution in [2.75, 3.05) is 0 Å². The smallest absolute Gasteiger partial charge is 0.169 e. The molecule has 2 aliphatic rings. The van der Waals surface area contributed by atoms with Gasteiger partial charge in [-0.3, -0.25) is 4.79 Å². The molecule has 3 rings (SSSR count). The molecule has 2 aliphatic heterocycles. The SMILES string of the molecule is CCCC1C[C@@H]2CC[C@@](C)(O2)[C@H]1C(=O)c1ccccc1. The van der Waals surface area contributed by atoms with E-state index in [0.29, 0.717) is 12.0 Å². The third-order valence-corrected chi connectivity index (χ3v) is 5.09. The summed E-state index contributed by atoms with van der Waals surface area (Å²) >= 11 is 0. The van der Waals surface area contributed by atoms with E-state index >= 15 is 0 Å². The van der Waals surface area contributed by atoms with Crippen LogP contribution in [0.3, 0.4) is 0 Å². The summed E-state index contributed by atoms with van der Waals surface area (Å²) in [5, 5.41) is 0. The van der Waals surface area contributed by atoms with E-state index in [4.69, 9.17) is 4.74 Å². The maximum absolute atomic E-state index is 13.0. The first-order valence-corrected chi connectivity index (χ1v) is 7.91. The van der Waals surface area contributed by atoms with Crippen LogP contribution in [0.4, 0.5) is 0 Å². The van der Waals surface area contributed by atoms with Crippen LogP contribution >= 0.6 is 0 Å². The Morgan fingerprint density at radius 3 is 2.80 bits per heavy atom. The zero-order valence-electron chi connectivity index (χ0n) is 12.5. The van der Waals surface area contributed by atoms with Crippen molar-refractivity contribution >= 4 is 5.78 Å². The fraction of sp³-hybridized carbons (Fsp3) is 0.611. The molecule has 1 unspecified atom stereocenters. The van der Waals surface area contributed by atoms with E-state index in [-0.39, 0.29) is 17.3 Å². The van der Waals surface area contributed by atoms with Gasteiger partial charge in [-0.25, -0.2) is 0 Å². The topological polar surface area (TPSA) is 26.3 Å². The van der Waals surface area contributed by atoms with Gasteiger partial charge in [0.2, 0.25) is 0 Å². The Morgan fingerprint density at radius 2 is 2.10 bits per heavy atom. The third kappa shape index (κ3) is 2.31. The van der Waals surface area contributed by atoms with Crippen LogP contribution in [0.1, 0.15) is 56.3 Å². The van der Waals surface area contributed by atoms with Gasteiger partial charge in [-0.2, -0.15) is 0 Å². The predicted octanol–water partition coefficient (Wildman–Crippen LogP) is 4.24. The largest absolute Gasteiger partial charge is 0.371 e. The highest BCUT2D eigenvalue weighted by atomic mass is 16.5. The van der Waals surface area contributed by atoms with Gasteiger partial charge in [0, 0.05) is 5.56 Å². The summed E-state index contributed by atoms with van der Waals surface area (Å²) in [5.74, 6) is 0.800. The first-order valence-electron chi connectivity index (χ1n) is 7.91. The van der Waals surface area contributed by atoms with Crippen molar-refractivity contribution in [3.05, 3.63) is 35.9 Å². The second-order valence-corrected chi connectivity index (χ2v) is 6.58. The van der Waals surface area contributed by atoms with E-state index in [1.54, 1.807) is 0 Å². The number of ketones is 1. The summed E-state index contributed by atoms with van der Waals surface area (Å²) < 4.78 is 6.20. The summed E-state index contributed by atoms with van der Waals surface area (Å²) in [4.78, 5) is 13.0. The molecule has 0 radical (unpaired) electrons. The van der Waals surface area contributed by atoms with Gasteiger partial charge in [-0.15, -0.1) is 0 Å². The monoisotopic (exact) mass is 272 g/mol. The fourth-order valence-electron chi connectivity index (χ4n) is 4.24. The molecule has 2 heteroatoms. The van der Waals surface area contributed by atoms with Crippen LogP contribution in [0.5, 0.6) is 0 Å². The lowest BCUT2D eigenvalue weighted by Crippen LogP contribution is -2.48. The van der Waals surface area contributed by atoms with Crippen molar-refractivity contribution in [1.82, 2.24) is 0 Å². The molecule has 2 saturated heterocycles. The van der Waals surface area contributed by atoms with Crippen LogP contribution in [0.2, 0.25) is 0 Å². The van der Waals surface area contributed by atoms with Crippen molar-refractivity contribution in [2.24, 2.45) is 11.8 Å². The number of benzene rings is 1. The lowest BCUT2D eigenvalue weighted by atomic mass is 9.71. The minimum absolute atomic E-state index is 0.0311. The van der Waals surface area contributed by atoms with E-state index < -0.39 is 0 Å².